The highest BCUT2D eigenvalue weighted by molar-refractivity contribution is 5.87. The molecular weight excluding hydrogens is 308 g/mol. The smallest absolute Gasteiger partial charge is 0.139 e. The van der Waals surface area contributed by atoms with Gasteiger partial charge in [0.2, 0.25) is 0 Å². The van der Waals surface area contributed by atoms with Crippen molar-refractivity contribution in [3.05, 3.63) is 29.3 Å². The van der Waals surface area contributed by atoms with Crippen LogP contribution < -0.4 is 10.2 Å². The molecule has 1 aromatic rings. The molecule has 0 unspecified atom stereocenters. The second-order valence-corrected chi connectivity index (χ2v) is 8.95. The lowest BCUT2D eigenvalue weighted by molar-refractivity contribution is -0.129. The van der Waals surface area contributed by atoms with Crippen LogP contribution in [0.15, 0.2) is 18.2 Å². The van der Waals surface area contributed by atoms with Gasteiger partial charge in [-0.15, -0.1) is 0 Å². The molecule has 4 atom stereocenters. The first kappa shape index (κ1) is 15.9. The first-order valence-electron chi connectivity index (χ1n) is 10.3. The van der Waals surface area contributed by atoms with Gasteiger partial charge in [0.05, 0.1) is 0 Å². The summed E-state index contributed by atoms with van der Waals surface area (Å²) in [5.74, 6) is 2.61. The number of nitrogens with zero attached hydrogens (tertiary/aromatic N) is 1. The maximum atomic E-state index is 12.5. The molecule has 2 saturated carbocycles. The Hall–Kier alpha value is -1.35. The van der Waals surface area contributed by atoms with Gasteiger partial charge < -0.3 is 10.2 Å². The topological polar surface area (TPSA) is 32.3 Å². The lowest BCUT2D eigenvalue weighted by Crippen LogP contribution is -2.44. The number of carbonyl (C=O) groups is 1. The molecule has 134 valence electrons. The number of anilines is 1. The van der Waals surface area contributed by atoms with E-state index in [0.29, 0.717) is 17.6 Å². The van der Waals surface area contributed by atoms with Gasteiger partial charge in [-0.3, -0.25) is 4.79 Å². The molecule has 3 fully saturated rings. The molecule has 1 aliphatic heterocycles. The number of hydrogen-bond acceptors (Lipinski definition) is 3. The minimum atomic E-state index is -0.00514. The Kier molecular flexibility index (Phi) is 3.70. The van der Waals surface area contributed by atoms with Gasteiger partial charge in [0.25, 0.3) is 0 Å². The van der Waals surface area contributed by atoms with Crippen molar-refractivity contribution in [2.24, 2.45) is 17.3 Å². The van der Waals surface area contributed by atoms with E-state index in [1.807, 2.05) is 0 Å². The summed E-state index contributed by atoms with van der Waals surface area (Å²) in [6.07, 6.45) is 6.79. The van der Waals surface area contributed by atoms with Crippen molar-refractivity contribution in [3.8, 4) is 0 Å². The average Bonchev–Trinajstić information content (AvgIpc) is 2.97. The molecule has 0 radical (unpaired) electrons. The molecule has 0 amide bonds. The first-order chi connectivity index (χ1) is 12.2. The number of aryl methyl sites for hydroxylation is 1. The molecule has 0 bridgehead atoms. The van der Waals surface area contributed by atoms with E-state index >= 15 is 0 Å². The molecular formula is C22H30N2O. The summed E-state index contributed by atoms with van der Waals surface area (Å²) in [5, 5.41) is 3.45. The van der Waals surface area contributed by atoms with Crippen molar-refractivity contribution in [2.75, 3.05) is 31.1 Å². The quantitative estimate of drug-likeness (QED) is 0.850. The maximum Gasteiger partial charge on any atom is 0.139 e. The van der Waals surface area contributed by atoms with Crippen LogP contribution in [0.25, 0.3) is 0 Å². The largest absolute Gasteiger partial charge is 0.369 e. The molecule has 0 spiro atoms. The van der Waals surface area contributed by atoms with Gasteiger partial charge in [0, 0.05) is 43.7 Å². The fourth-order valence-electron chi connectivity index (χ4n) is 6.44. The molecule has 1 aromatic carbocycles. The van der Waals surface area contributed by atoms with Gasteiger partial charge >= 0.3 is 0 Å². The molecule has 1 N–H and O–H groups in total. The summed E-state index contributed by atoms with van der Waals surface area (Å²) in [6.45, 7) is 6.68. The highest BCUT2D eigenvalue weighted by Crippen LogP contribution is 2.59. The predicted octanol–water partition coefficient (Wildman–Crippen LogP) is 3.52. The Balaban J connectivity index is 1.47. The number of ketones is 1. The van der Waals surface area contributed by atoms with Crippen LogP contribution in [0, 0.1) is 17.3 Å². The van der Waals surface area contributed by atoms with E-state index in [4.69, 9.17) is 0 Å². The number of benzene rings is 1. The minimum absolute atomic E-state index is 0.00514. The van der Waals surface area contributed by atoms with Crippen LogP contribution >= 0.6 is 0 Å². The molecule has 4 aliphatic rings. The highest BCUT2D eigenvalue weighted by atomic mass is 16.1. The number of rotatable bonds is 1. The molecule has 0 aromatic heterocycles. The monoisotopic (exact) mass is 338 g/mol. The van der Waals surface area contributed by atoms with E-state index in [1.165, 1.54) is 24.9 Å². The molecule has 3 aliphatic carbocycles. The molecule has 3 heteroatoms. The van der Waals surface area contributed by atoms with E-state index in [2.05, 4.69) is 35.3 Å². The molecule has 25 heavy (non-hydrogen) atoms. The van der Waals surface area contributed by atoms with Crippen molar-refractivity contribution in [3.63, 3.8) is 0 Å². The summed E-state index contributed by atoms with van der Waals surface area (Å²) in [6, 6.07) is 7.25. The van der Waals surface area contributed by atoms with Crippen LogP contribution in [0.1, 0.15) is 56.1 Å². The third-order valence-electron chi connectivity index (χ3n) is 7.90. The summed E-state index contributed by atoms with van der Waals surface area (Å²) in [7, 11) is 0. The molecule has 5 rings (SSSR count). The Morgan fingerprint density at radius 2 is 1.96 bits per heavy atom. The van der Waals surface area contributed by atoms with E-state index < -0.39 is 0 Å². The van der Waals surface area contributed by atoms with Crippen molar-refractivity contribution in [1.29, 1.82) is 0 Å². The van der Waals surface area contributed by atoms with Gasteiger partial charge in [-0.2, -0.15) is 0 Å². The number of carbonyl (C=O) groups excluding carboxylic acids is 1. The summed E-state index contributed by atoms with van der Waals surface area (Å²) in [5.41, 5.74) is 4.60. The molecule has 1 saturated heterocycles. The fourth-order valence-corrected chi connectivity index (χ4v) is 6.44. The average molecular weight is 338 g/mol. The Morgan fingerprint density at radius 1 is 1.12 bits per heavy atom. The van der Waals surface area contributed by atoms with Gasteiger partial charge in [-0.25, -0.2) is 0 Å². The van der Waals surface area contributed by atoms with E-state index in [0.717, 1.165) is 51.4 Å². The minimum Gasteiger partial charge on any atom is -0.369 e. The predicted molar refractivity (Wildman–Crippen MR) is 101 cm³/mol. The van der Waals surface area contributed by atoms with Crippen molar-refractivity contribution < 1.29 is 4.79 Å². The normalized spacial score (nSPS) is 37.4. The zero-order chi connectivity index (χ0) is 17.0. The van der Waals surface area contributed by atoms with Crippen LogP contribution in [0.2, 0.25) is 0 Å². The van der Waals surface area contributed by atoms with E-state index in [-0.39, 0.29) is 5.41 Å². The van der Waals surface area contributed by atoms with Crippen molar-refractivity contribution in [1.82, 2.24) is 5.32 Å². The van der Waals surface area contributed by atoms with Crippen molar-refractivity contribution >= 4 is 11.5 Å². The van der Waals surface area contributed by atoms with Crippen molar-refractivity contribution in [2.45, 2.75) is 51.4 Å². The lowest BCUT2D eigenvalue weighted by Gasteiger charge is -2.48. The van der Waals surface area contributed by atoms with Gasteiger partial charge in [0.1, 0.15) is 5.78 Å². The van der Waals surface area contributed by atoms with E-state index in [9.17, 15) is 4.79 Å². The lowest BCUT2D eigenvalue weighted by atomic mass is 9.55. The molecule has 3 nitrogen and oxygen atoms in total. The fraction of sp³-hybridized carbons (Fsp3) is 0.682. The first-order valence-corrected chi connectivity index (χ1v) is 10.3. The van der Waals surface area contributed by atoms with Crippen LogP contribution in [-0.2, 0) is 11.2 Å². The number of piperazine rings is 1. The Morgan fingerprint density at radius 3 is 2.80 bits per heavy atom. The zero-order valence-electron chi connectivity index (χ0n) is 15.4. The standard InChI is InChI=1S/C22H30N2O/c1-22-9-8-17-18(20(22)6-7-21(22)25)5-3-15-2-4-16(14-19(15)17)24-12-10-23-11-13-24/h2,4,14,17-18,20,23H,3,5-13H2,1H3/t17-,18+,20-,22-/m0/s1. The molecule has 1 heterocycles. The third-order valence-corrected chi connectivity index (χ3v) is 7.90. The number of Topliss-reactive ketones (excluding diaryl/α,β-unsaturated/α-hetero) is 1. The second kappa shape index (κ2) is 5.84. The van der Waals surface area contributed by atoms with Crippen LogP contribution in [-0.4, -0.2) is 32.0 Å². The summed E-state index contributed by atoms with van der Waals surface area (Å²) >= 11 is 0. The summed E-state index contributed by atoms with van der Waals surface area (Å²) < 4.78 is 0. The number of nitrogens with one attached hydrogen (secondary N) is 1. The number of hydrogen-bond donors (Lipinski definition) is 1. The SMILES string of the molecule is C[C@]12CC[C@@H]3c4cc(N5CCNCC5)ccc4CC[C@H]3[C@@H]1CCC2=O. The third kappa shape index (κ3) is 2.38. The Labute approximate surface area is 151 Å². The zero-order valence-corrected chi connectivity index (χ0v) is 15.4. The van der Waals surface area contributed by atoms with Crippen LogP contribution in [0.4, 0.5) is 5.69 Å². The highest BCUT2D eigenvalue weighted by Gasteiger charge is 2.54. The number of fused-ring (bicyclic) bond motifs is 5. The maximum absolute atomic E-state index is 12.5. The van der Waals surface area contributed by atoms with E-state index in [1.54, 1.807) is 11.1 Å². The van der Waals surface area contributed by atoms with Crippen LogP contribution in [0.3, 0.4) is 0 Å². The Bertz CT molecular complexity index is 693. The van der Waals surface area contributed by atoms with Gasteiger partial charge in [-0.1, -0.05) is 13.0 Å². The van der Waals surface area contributed by atoms with Crippen LogP contribution in [0.5, 0.6) is 0 Å². The summed E-state index contributed by atoms with van der Waals surface area (Å²) in [4.78, 5) is 15.0. The van der Waals surface area contributed by atoms with Gasteiger partial charge in [-0.05, 0) is 73.1 Å². The van der Waals surface area contributed by atoms with Gasteiger partial charge in [0.15, 0.2) is 0 Å². The second-order valence-electron chi connectivity index (χ2n) is 8.95.